The van der Waals surface area contributed by atoms with Crippen molar-refractivity contribution in [3.8, 4) is 0 Å². The fourth-order valence-electron chi connectivity index (χ4n) is 5.24. The minimum Gasteiger partial charge on any atom is -0.466 e. The Kier molecular flexibility index (Phi) is 8.64. The maximum absolute atomic E-state index is 13.3. The Balaban J connectivity index is 1.32. The molecule has 2 aromatic rings. The van der Waals surface area contributed by atoms with Crippen molar-refractivity contribution >= 4 is 23.8 Å². The van der Waals surface area contributed by atoms with Gasteiger partial charge in [0, 0.05) is 17.9 Å². The zero-order valence-electron chi connectivity index (χ0n) is 22.8. The third-order valence-electron chi connectivity index (χ3n) is 7.15. The molecule has 0 radical (unpaired) electrons. The van der Waals surface area contributed by atoms with Crippen molar-refractivity contribution in [2.75, 3.05) is 20.3 Å². The number of methoxy groups -OCH3 is 1. The molecule has 2 heterocycles. The zero-order chi connectivity index (χ0) is 28.1. The van der Waals surface area contributed by atoms with Crippen molar-refractivity contribution in [3.05, 3.63) is 93.3 Å². The molecule has 0 bridgehead atoms. The predicted octanol–water partition coefficient (Wildman–Crippen LogP) is 4.80. The van der Waals surface area contributed by atoms with Crippen molar-refractivity contribution in [2.24, 2.45) is 0 Å². The second-order valence-corrected chi connectivity index (χ2v) is 9.90. The molecule has 0 aliphatic carbocycles. The van der Waals surface area contributed by atoms with Crippen LogP contribution < -0.4 is 5.32 Å². The first-order valence-corrected chi connectivity index (χ1v) is 13.2. The average molecular weight is 531 g/mol. The number of hydrogen-bond acceptors (Lipinski definition) is 7. The fraction of sp³-hybridized carbons (Fsp3) is 0.355. The van der Waals surface area contributed by atoms with Crippen LogP contribution in [0.4, 0.5) is 0 Å². The normalized spacial score (nSPS) is 16.8. The summed E-state index contributed by atoms with van der Waals surface area (Å²) in [7, 11) is 1.33. The molecule has 204 valence electrons. The van der Waals surface area contributed by atoms with Gasteiger partial charge in [-0.2, -0.15) is 0 Å². The Labute approximate surface area is 228 Å². The molecule has 0 aromatic heterocycles. The van der Waals surface area contributed by atoms with Crippen LogP contribution in [-0.2, 0) is 19.1 Å². The molecule has 4 rings (SSSR count). The van der Waals surface area contributed by atoms with Gasteiger partial charge < -0.3 is 14.8 Å². The summed E-state index contributed by atoms with van der Waals surface area (Å²) in [5, 5.41) is 3.15. The summed E-state index contributed by atoms with van der Waals surface area (Å²) < 4.78 is 10.7. The van der Waals surface area contributed by atoms with Crippen molar-refractivity contribution in [3.63, 3.8) is 0 Å². The lowest BCUT2D eigenvalue weighted by molar-refractivity contribution is -0.139. The number of rotatable bonds is 10. The quantitative estimate of drug-likeness (QED) is 0.267. The first kappa shape index (κ1) is 27.8. The number of amides is 2. The number of imide groups is 1. The Morgan fingerprint density at radius 2 is 1.44 bits per heavy atom. The molecule has 2 amide bonds. The smallest absolute Gasteiger partial charge is 0.336 e. The minimum absolute atomic E-state index is 0.222. The molecule has 1 N–H and O–H groups in total. The van der Waals surface area contributed by atoms with E-state index in [1.54, 1.807) is 38.1 Å². The first-order valence-electron chi connectivity index (χ1n) is 13.2. The van der Waals surface area contributed by atoms with E-state index in [1.807, 2.05) is 31.2 Å². The van der Waals surface area contributed by atoms with E-state index in [0.29, 0.717) is 53.1 Å². The fourth-order valence-corrected chi connectivity index (χ4v) is 5.24. The predicted molar refractivity (Wildman–Crippen MR) is 146 cm³/mol. The number of dihydropyridines is 1. The summed E-state index contributed by atoms with van der Waals surface area (Å²) >= 11 is 0. The van der Waals surface area contributed by atoms with Crippen molar-refractivity contribution in [1.82, 2.24) is 10.2 Å². The number of esters is 2. The Morgan fingerprint density at radius 3 is 2.05 bits per heavy atom. The number of benzene rings is 2. The molecule has 1 unspecified atom stereocenters. The number of carbonyl (C=O) groups is 4. The molecule has 2 aromatic carbocycles. The second-order valence-electron chi connectivity index (χ2n) is 9.90. The minimum atomic E-state index is -0.606. The second kappa shape index (κ2) is 12.1. The summed E-state index contributed by atoms with van der Waals surface area (Å²) in [4.78, 5) is 52.3. The molecule has 8 nitrogen and oxygen atoms in total. The van der Waals surface area contributed by atoms with E-state index in [0.717, 1.165) is 24.0 Å². The summed E-state index contributed by atoms with van der Waals surface area (Å²) in [5.74, 6) is -2.07. The monoisotopic (exact) mass is 530 g/mol. The van der Waals surface area contributed by atoms with Crippen molar-refractivity contribution < 1.29 is 28.7 Å². The molecular weight excluding hydrogens is 496 g/mol. The van der Waals surface area contributed by atoms with Gasteiger partial charge in [-0.05, 0) is 57.7 Å². The van der Waals surface area contributed by atoms with E-state index < -0.39 is 17.9 Å². The van der Waals surface area contributed by atoms with E-state index in [9.17, 15) is 19.2 Å². The lowest BCUT2D eigenvalue weighted by Gasteiger charge is -2.30. The molecule has 39 heavy (non-hydrogen) atoms. The van der Waals surface area contributed by atoms with Crippen LogP contribution in [0.15, 0.2) is 71.1 Å². The largest absolute Gasteiger partial charge is 0.466 e. The van der Waals surface area contributed by atoms with Crippen LogP contribution in [0.1, 0.15) is 77.3 Å². The van der Waals surface area contributed by atoms with Crippen LogP contribution in [0, 0.1) is 6.92 Å². The summed E-state index contributed by atoms with van der Waals surface area (Å²) in [6.45, 7) is 6.14. The SMILES string of the molecule is COC(=O)C1=C(C)NC(C)=C(C(=O)OCCCCCCN2C(=O)c3ccccc3C2=O)C1c1cccc(C)c1. The van der Waals surface area contributed by atoms with Crippen LogP contribution in [0.25, 0.3) is 0 Å². The summed E-state index contributed by atoms with van der Waals surface area (Å²) in [5.41, 5.74) is 4.79. The highest BCUT2D eigenvalue weighted by Gasteiger charge is 2.38. The number of fused-ring (bicyclic) bond motifs is 1. The number of aryl methyl sites for hydroxylation is 1. The molecule has 0 spiro atoms. The highest BCUT2D eigenvalue weighted by atomic mass is 16.5. The van der Waals surface area contributed by atoms with Crippen LogP contribution >= 0.6 is 0 Å². The maximum atomic E-state index is 13.3. The van der Waals surface area contributed by atoms with Gasteiger partial charge in [0.15, 0.2) is 0 Å². The van der Waals surface area contributed by atoms with Crippen LogP contribution in [0.5, 0.6) is 0 Å². The molecule has 0 saturated heterocycles. The standard InChI is InChI=1S/C31H34N2O6/c1-19-12-11-13-22(18-19)27-25(30(36)38-4)20(2)32-21(3)26(27)31(37)39-17-10-6-5-9-16-33-28(34)23-14-7-8-15-24(23)29(33)35/h7-8,11-15,18,27,32H,5-6,9-10,16-17H2,1-4H3. The van der Waals surface area contributed by atoms with Crippen LogP contribution in [-0.4, -0.2) is 48.9 Å². The topological polar surface area (TPSA) is 102 Å². The zero-order valence-corrected chi connectivity index (χ0v) is 22.8. The van der Waals surface area contributed by atoms with Gasteiger partial charge in [-0.3, -0.25) is 14.5 Å². The Hall–Kier alpha value is -4.20. The van der Waals surface area contributed by atoms with E-state index in [1.165, 1.54) is 12.0 Å². The first-order chi connectivity index (χ1) is 18.7. The van der Waals surface area contributed by atoms with Crippen molar-refractivity contribution in [2.45, 2.75) is 52.4 Å². The highest BCUT2D eigenvalue weighted by Crippen LogP contribution is 2.39. The Bertz CT molecular complexity index is 1340. The molecule has 2 aliphatic rings. The molecule has 1 atom stereocenters. The summed E-state index contributed by atoms with van der Waals surface area (Å²) in [6.07, 6.45) is 2.88. The van der Waals surface area contributed by atoms with E-state index in [-0.39, 0.29) is 18.4 Å². The number of nitrogens with one attached hydrogen (secondary N) is 1. The van der Waals surface area contributed by atoms with Gasteiger partial charge >= 0.3 is 11.9 Å². The number of hydrogen-bond donors (Lipinski definition) is 1. The van der Waals surface area contributed by atoms with Gasteiger partial charge in [-0.1, -0.05) is 48.4 Å². The van der Waals surface area contributed by atoms with E-state index >= 15 is 0 Å². The summed E-state index contributed by atoms with van der Waals surface area (Å²) in [6, 6.07) is 14.6. The van der Waals surface area contributed by atoms with Gasteiger partial charge in [0.2, 0.25) is 0 Å². The van der Waals surface area contributed by atoms with Gasteiger partial charge in [0.05, 0.1) is 41.9 Å². The molecule has 0 saturated carbocycles. The van der Waals surface area contributed by atoms with Crippen molar-refractivity contribution in [1.29, 1.82) is 0 Å². The van der Waals surface area contributed by atoms with Gasteiger partial charge in [-0.25, -0.2) is 9.59 Å². The molecule has 0 fully saturated rings. The van der Waals surface area contributed by atoms with E-state index in [2.05, 4.69) is 5.32 Å². The van der Waals surface area contributed by atoms with Gasteiger partial charge in [-0.15, -0.1) is 0 Å². The van der Waals surface area contributed by atoms with E-state index in [4.69, 9.17) is 9.47 Å². The van der Waals surface area contributed by atoms with Crippen LogP contribution in [0.3, 0.4) is 0 Å². The number of nitrogens with zero attached hydrogens (tertiary/aromatic N) is 1. The van der Waals surface area contributed by atoms with Gasteiger partial charge in [0.1, 0.15) is 0 Å². The number of carbonyl (C=O) groups excluding carboxylic acids is 4. The Morgan fingerprint density at radius 1 is 0.821 bits per heavy atom. The number of allylic oxidation sites excluding steroid dienone is 2. The molecule has 2 aliphatic heterocycles. The third kappa shape index (κ3) is 5.79. The number of unbranched alkanes of at least 4 members (excludes halogenated alkanes) is 3. The molecular formula is C31H34N2O6. The average Bonchev–Trinajstić information content (AvgIpc) is 3.16. The number of ether oxygens (including phenoxy) is 2. The van der Waals surface area contributed by atoms with Crippen LogP contribution in [0.2, 0.25) is 0 Å². The third-order valence-corrected chi connectivity index (χ3v) is 7.15. The highest BCUT2D eigenvalue weighted by molar-refractivity contribution is 6.21. The van der Waals surface area contributed by atoms with Gasteiger partial charge in [0.25, 0.3) is 11.8 Å². The maximum Gasteiger partial charge on any atom is 0.336 e. The lowest BCUT2D eigenvalue weighted by atomic mass is 9.80. The molecule has 8 heteroatoms. The lowest BCUT2D eigenvalue weighted by Crippen LogP contribution is -2.32.